The fourth-order valence-electron chi connectivity index (χ4n) is 11.2. The largest absolute Gasteiger partial charge is 0.449 e. The summed E-state index contributed by atoms with van der Waals surface area (Å²) < 4.78 is 46.7. The zero-order valence-electron chi connectivity index (χ0n) is 44.3. The number of carbonyl (C=O) groups excluding carboxylic acids is 4. The first-order valence-electron chi connectivity index (χ1n) is 25.6. The van der Waals surface area contributed by atoms with E-state index in [2.05, 4.69) is 89.1 Å². The Morgan fingerprint density at radius 2 is 0.843 bits per heavy atom. The minimum atomic E-state index is -0.601. The molecule has 0 aromatic carbocycles. The molecule has 6 atom stereocenters. The van der Waals surface area contributed by atoms with Gasteiger partial charge in [0.15, 0.2) is 0 Å². The van der Waals surface area contributed by atoms with Gasteiger partial charge in [0.2, 0.25) is 0 Å². The summed E-state index contributed by atoms with van der Waals surface area (Å²) in [5, 5.41) is 12.2. The van der Waals surface area contributed by atoms with Gasteiger partial charge in [0.05, 0.1) is 63.7 Å². The lowest BCUT2D eigenvalue weighted by molar-refractivity contribution is -0.0474. The van der Waals surface area contributed by atoms with E-state index in [1.807, 2.05) is 13.8 Å². The summed E-state index contributed by atoms with van der Waals surface area (Å²) in [6, 6.07) is -0.365. The van der Waals surface area contributed by atoms with E-state index in [1.54, 1.807) is 24.3 Å². The van der Waals surface area contributed by atoms with Gasteiger partial charge in [0, 0.05) is 25.2 Å². The van der Waals surface area contributed by atoms with Crippen molar-refractivity contribution in [3.8, 4) is 0 Å². The van der Waals surface area contributed by atoms with Crippen LogP contribution in [0.1, 0.15) is 132 Å². The normalized spacial score (nSPS) is 25.3. The quantitative estimate of drug-likeness (QED) is 0.0303. The fourth-order valence-corrected chi connectivity index (χ4v) is 11.2. The smallest absolute Gasteiger partial charge is 0.407 e. The second-order valence-corrected chi connectivity index (χ2v) is 22.8. The molecule has 4 amide bonds. The highest BCUT2D eigenvalue weighted by Gasteiger charge is 2.45. The maximum Gasteiger partial charge on any atom is 0.407 e. The Kier molecular flexibility index (Phi) is 24.8. The van der Waals surface area contributed by atoms with Crippen molar-refractivity contribution in [3.63, 3.8) is 0 Å². The second kappa shape index (κ2) is 28.8. The van der Waals surface area contributed by atoms with E-state index >= 15 is 0 Å². The van der Waals surface area contributed by atoms with Crippen LogP contribution in [0.25, 0.3) is 0 Å². The van der Waals surface area contributed by atoms with Crippen LogP contribution in [0.3, 0.4) is 0 Å². The van der Waals surface area contributed by atoms with Gasteiger partial charge >= 0.3 is 24.4 Å². The van der Waals surface area contributed by atoms with Gasteiger partial charge in [-0.2, -0.15) is 0 Å². The third-order valence-electron chi connectivity index (χ3n) is 14.1. The predicted molar refractivity (Wildman–Crippen MR) is 273 cm³/mol. The molecule has 0 radical (unpaired) electrons. The molecule has 0 heterocycles. The molecule has 70 heavy (non-hydrogen) atoms. The van der Waals surface area contributed by atoms with Crippen LogP contribution < -0.4 is 21.3 Å². The molecule has 0 aliphatic heterocycles. The highest BCUT2D eigenvalue weighted by molar-refractivity contribution is 5.69. The summed E-state index contributed by atoms with van der Waals surface area (Å²) >= 11 is 0. The van der Waals surface area contributed by atoms with E-state index in [0.29, 0.717) is 104 Å². The molecule has 4 N–H and O–H groups in total. The Hall–Kier alpha value is -4.12. The van der Waals surface area contributed by atoms with Crippen molar-refractivity contribution in [2.45, 2.75) is 157 Å². The highest BCUT2D eigenvalue weighted by atomic mass is 16.6. The molecular weight excluding hydrogens is 897 g/mol. The minimum Gasteiger partial charge on any atom is -0.449 e. The summed E-state index contributed by atoms with van der Waals surface area (Å²) in [6.07, 6.45) is 11.9. The number of carbonyl (C=O) groups is 4. The zero-order valence-corrected chi connectivity index (χ0v) is 44.3. The molecule has 3 saturated carbocycles. The van der Waals surface area contributed by atoms with Crippen LogP contribution >= 0.6 is 0 Å². The number of amides is 4. The molecule has 3 aliphatic carbocycles. The van der Waals surface area contributed by atoms with E-state index in [9.17, 15) is 19.2 Å². The van der Waals surface area contributed by atoms with Gasteiger partial charge < -0.3 is 59.2 Å². The number of rotatable bonds is 30. The molecule has 16 heteroatoms. The van der Waals surface area contributed by atoms with Crippen molar-refractivity contribution >= 4 is 24.4 Å². The van der Waals surface area contributed by atoms with Gasteiger partial charge in [-0.05, 0) is 98.7 Å². The Labute approximate surface area is 420 Å². The van der Waals surface area contributed by atoms with Gasteiger partial charge in [0.1, 0.15) is 25.4 Å². The van der Waals surface area contributed by atoms with Crippen molar-refractivity contribution in [3.05, 3.63) is 50.6 Å². The minimum absolute atomic E-state index is 0.122. The Balaban J connectivity index is 1.53. The summed E-state index contributed by atoms with van der Waals surface area (Å²) in [4.78, 5) is 53.4. The van der Waals surface area contributed by atoms with Crippen LogP contribution in [0.2, 0.25) is 0 Å². The SMILES string of the molecule is C=CCOCC(CC)(COCC=C)COC(=O)NC1CC(C)(C)CC(C)(CNC(=O)OC2CCCCC2OC(=O)NCC2(C)CC(NC(=O)OCC(CC)(COCC=C)COCC=C)CC(C)(C)C2)C1. The van der Waals surface area contributed by atoms with Crippen LogP contribution in [-0.2, 0) is 37.9 Å². The summed E-state index contributed by atoms with van der Waals surface area (Å²) in [5.41, 5.74) is -2.02. The Morgan fingerprint density at radius 1 is 0.514 bits per heavy atom. The van der Waals surface area contributed by atoms with E-state index in [0.717, 1.165) is 38.5 Å². The van der Waals surface area contributed by atoms with Gasteiger partial charge in [-0.3, -0.25) is 0 Å². The topological polar surface area (TPSA) is 190 Å². The van der Waals surface area contributed by atoms with Crippen LogP contribution in [0, 0.1) is 32.5 Å². The van der Waals surface area contributed by atoms with E-state index < -0.39 is 47.4 Å². The number of hydrogen-bond donors (Lipinski definition) is 4. The summed E-state index contributed by atoms with van der Waals surface area (Å²) in [5.74, 6) is 0. The van der Waals surface area contributed by atoms with Crippen LogP contribution in [0.4, 0.5) is 19.2 Å². The average molecular weight is 989 g/mol. The molecule has 0 aromatic rings. The van der Waals surface area contributed by atoms with Gasteiger partial charge in [0.25, 0.3) is 0 Å². The van der Waals surface area contributed by atoms with Crippen LogP contribution in [0.15, 0.2) is 50.6 Å². The Morgan fingerprint density at radius 3 is 1.14 bits per heavy atom. The van der Waals surface area contributed by atoms with Crippen molar-refractivity contribution in [2.75, 3.05) is 79.2 Å². The maximum atomic E-state index is 13.4. The van der Waals surface area contributed by atoms with Crippen LogP contribution in [-0.4, -0.2) is 128 Å². The summed E-state index contributed by atoms with van der Waals surface area (Å²) in [6.45, 7) is 35.6. The molecule has 3 rings (SSSR count). The number of nitrogens with one attached hydrogen (secondary N) is 4. The monoisotopic (exact) mass is 989 g/mol. The molecule has 3 aliphatic rings. The first-order chi connectivity index (χ1) is 33.1. The van der Waals surface area contributed by atoms with E-state index in [-0.39, 0.29) is 47.0 Å². The van der Waals surface area contributed by atoms with Gasteiger partial charge in [-0.25, -0.2) is 19.2 Å². The molecule has 0 aromatic heterocycles. The fraction of sp³-hybridized carbons (Fsp3) is 0.778. The third-order valence-corrected chi connectivity index (χ3v) is 14.1. The molecule has 0 saturated heterocycles. The number of alkyl carbamates (subject to hydrolysis) is 4. The van der Waals surface area contributed by atoms with Gasteiger partial charge in [-0.1, -0.05) is 79.7 Å². The lowest BCUT2D eigenvalue weighted by Gasteiger charge is -2.47. The molecule has 3 fully saturated rings. The van der Waals surface area contributed by atoms with Crippen LogP contribution in [0.5, 0.6) is 0 Å². The van der Waals surface area contributed by atoms with E-state index in [1.165, 1.54) is 0 Å². The highest BCUT2D eigenvalue weighted by Crippen LogP contribution is 2.47. The lowest BCUT2D eigenvalue weighted by Crippen LogP contribution is -2.52. The maximum absolute atomic E-state index is 13.4. The summed E-state index contributed by atoms with van der Waals surface area (Å²) in [7, 11) is 0. The lowest BCUT2D eigenvalue weighted by atomic mass is 9.62. The number of hydrogen-bond acceptors (Lipinski definition) is 12. The predicted octanol–water partition coefficient (Wildman–Crippen LogP) is 9.98. The molecule has 0 spiro atoms. The zero-order chi connectivity index (χ0) is 51.9. The second-order valence-electron chi connectivity index (χ2n) is 22.8. The van der Waals surface area contributed by atoms with Crippen molar-refractivity contribution in [1.29, 1.82) is 0 Å². The Bertz CT molecular complexity index is 1540. The molecule has 6 unspecified atom stereocenters. The van der Waals surface area contributed by atoms with Gasteiger partial charge in [-0.15, -0.1) is 26.3 Å². The third kappa shape index (κ3) is 21.3. The standard InChI is InChI=1S/C54H92N4O12/c1-13-23-63-35-53(17-5,36-64-24-14-2)39-67-47(61)57-41-27-49(7,8)31-51(11,29-41)33-55-45(59)69-43-21-19-20-22-44(43)70-46(60)56-34-52(12)30-42(28-50(9,10)32-52)58-48(62)68-40-54(18-6,37-65-25-15-3)38-66-26-16-4/h13-16,41-44H,1-4,17-40H2,5-12H3,(H,55,59)(H,56,60)(H,57,61)(H,58,62). The first-order valence-corrected chi connectivity index (χ1v) is 25.6. The average Bonchev–Trinajstić information content (AvgIpc) is 3.28. The van der Waals surface area contributed by atoms with Crippen molar-refractivity contribution < 1.29 is 57.1 Å². The number of ether oxygens (including phenoxy) is 8. The van der Waals surface area contributed by atoms with Crippen molar-refractivity contribution in [2.24, 2.45) is 32.5 Å². The molecule has 16 nitrogen and oxygen atoms in total. The molecule has 400 valence electrons. The molecule has 0 bridgehead atoms. The van der Waals surface area contributed by atoms with Crippen molar-refractivity contribution in [1.82, 2.24) is 21.3 Å². The molecular formula is C54H92N4O12. The first kappa shape index (κ1) is 60.2. The van der Waals surface area contributed by atoms with E-state index in [4.69, 9.17) is 37.9 Å².